The van der Waals surface area contributed by atoms with Crippen LogP contribution >= 0.6 is 0 Å². The number of nitrogens with zero attached hydrogens (tertiary/aromatic N) is 6. The fraction of sp³-hybridized carbons (Fsp3) is 0.542. The molecular weight excluding hydrogens is 450 g/mol. The fourth-order valence-corrected chi connectivity index (χ4v) is 4.57. The molecule has 3 aromatic heterocycles. The zero-order valence-electron chi connectivity index (χ0n) is 20.6. The van der Waals surface area contributed by atoms with Crippen molar-refractivity contribution in [3.8, 4) is 0 Å². The van der Waals surface area contributed by atoms with Gasteiger partial charge >= 0.3 is 11.9 Å². The monoisotopic (exact) mass is 483 g/mol. The van der Waals surface area contributed by atoms with E-state index in [1.54, 1.807) is 30.5 Å². The Balaban J connectivity index is 1.37. The number of nitrogens with one attached hydrogen (secondary N) is 1. The number of carbonyl (C=O) groups is 2. The Hall–Kier alpha value is -3.47. The van der Waals surface area contributed by atoms with Crippen LogP contribution in [0.5, 0.6) is 0 Å². The molecule has 188 valence electrons. The van der Waals surface area contributed by atoms with Gasteiger partial charge in [-0.2, -0.15) is 10.1 Å². The molecule has 1 saturated heterocycles. The Bertz CT molecular complexity index is 1190. The molecule has 4 heterocycles. The van der Waals surface area contributed by atoms with E-state index < -0.39 is 24.1 Å². The lowest BCUT2D eigenvalue weighted by molar-refractivity contribution is -0.150. The van der Waals surface area contributed by atoms with Crippen LogP contribution in [0.1, 0.15) is 33.6 Å². The minimum absolute atomic E-state index is 0.0734. The van der Waals surface area contributed by atoms with Gasteiger partial charge in [-0.05, 0) is 24.9 Å². The first kappa shape index (κ1) is 24.6. The number of esters is 1. The maximum Gasteiger partial charge on any atom is 0.328 e. The molecule has 3 aromatic rings. The number of hydrogen-bond acceptors (Lipinski definition) is 8. The molecule has 0 aromatic carbocycles. The maximum atomic E-state index is 12.3. The Labute approximate surface area is 204 Å². The van der Waals surface area contributed by atoms with Crippen molar-refractivity contribution in [2.45, 2.75) is 58.8 Å². The van der Waals surface area contributed by atoms with Crippen molar-refractivity contribution in [1.82, 2.24) is 29.2 Å². The first-order valence-electron chi connectivity index (χ1n) is 12.0. The summed E-state index contributed by atoms with van der Waals surface area (Å²) >= 11 is 0. The van der Waals surface area contributed by atoms with Crippen molar-refractivity contribution < 1.29 is 19.4 Å². The molecule has 1 fully saturated rings. The summed E-state index contributed by atoms with van der Waals surface area (Å²) < 4.78 is 9.09. The predicted molar refractivity (Wildman–Crippen MR) is 130 cm³/mol. The zero-order valence-corrected chi connectivity index (χ0v) is 20.6. The summed E-state index contributed by atoms with van der Waals surface area (Å²) in [6, 6.07) is 1.39. The van der Waals surface area contributed by atoms with Crippen molar-refractivity contribution in [3.63, 3.8) is 0 Å². The van der Waals surface area contributed by atoms with Gasteiger partial charge in [0.05, 0.1) is 11.9 Å². The Kier molecular flexibility index (Phi) is 7.34. The van der Waals surface area contributed by atoms with Crippen molar-refractivity contribution in [1.29, 1.82) is 0 Å². The summed E-state index contributed by atoms with van der Waals surface area (Å²) in [7, 11) is 1.71. The lowest BCUT2D eigenvalue weighted by atomic mass is 9.93. The van der Waals surface area contributed by atoms with Crippen LogP contribution in [-0.4, -0.2) is 72.0 Å². The van der Waals surface area contributed by atoms with E-state index in [1.807, 2.05) is 6.07 Å². The van der Waals surface area contributed by atoms with Gasteiger partial charge in [0.1, 0.15) is 24.3 Å². The number of ether oxygens (including phenoxy) is 1. The van der Waals surface area contributed by atoms with Crippen LogP contribution in [0.15, 0.2) is 30.9 Å². The van der Waals surface area contributed by atoms with E-state index in [0.29, 0.717) is 30.0 Å². The molecule has 0 spiro atoms. The van der Waals surface area contributed by atoms with Gasteiger partial charge in [0.15, 0.2) is 0 Å². The number of carboxylic acid groups (broad SMARTS) is 1. The van der Waals surface area contributed by atoms with Crippen LogP contribution in [0.2, 0.25) is 0 Å². The van der Waals surface area contributed by atoms with Gasteiger partial charge in [0.2, 0.25) is 5.95 Å². The smallest absolute Gasteiger partial charge is 0.328 e. The molecule has 11 nitrogen and oxygen atoms in total. The number of likely N-dealkylation sites (N-methyl/N-ethyl adjacent to an activating group) is 1. The number of anilines is 2. The van der Waals surface area contributed by atoms with E-state index in [9.17, 15) is 14.7 Å². The van der Waals surface area contributed by atoms with Gasteiger partial charge < -0.3 is 19.7 Å². The summed E-state index contributed by atoms with van der Waals surface area (Å²) in [5, 5.41) is 17.6. The number of aliphatic carboxylic acids is 1. The van der Waals surface area contributed by atoms with Crippen LogP contribution < -0.4 is 5.32 Å². The second-order valence-corrected chi connectivity index (χ2v) is 9.55. The zero-order chi connectivity index (χ0) is 25.1. The highest BCUT2D eigenvalue weighted by molar-refractivity contribution is 5.77. The first-order valence-corrected chi connectivity index (χ1v) is 12.0. The Morgan fingerprint density at radius 3 is 2.80 bits per heavy atom. The first-order chi connectivity index (χ1) is 16.7. The van der Waals surface area contributed by atoms with E-state index >= 15 is 0 Å². The minimum atomic E-state index is -0.911. The molecule has 1 aliphatic heterocycles. The summed E-state index contributed by atoms with van der Waals surface area (Å²) in [5.74, 6) is 0.227. The topological polar surface area (TPSA) is 127 Å². The van der Waals surface area contributed by atoms with Crippen molar-refractivity contribution in [3.05, 3.63) is 30.9 Å². The van der Waals surface area contributed by atoms with Gasteiger partial charge in [-0.1, -0.05) is 27.2 Å². The third-order valence-electron chi connectivity index (χ3n) is 6.67. The summed E-state index contributed by atoms with van der Waals surface area (Å²) in [4.78, 5) is 34.4. The highest BCUT2D eigenvalue weighted by Crippen LogP contribution is 2.23. The third kappa shape index (κ3) is 5.79. The van der Waals surface area contributed by atoms with Crippen LogP contribution in [0, 0.1) is 11.8 Å². The number of carbonyl (C=O) groups excluding carboxylic acids is 1. The SMILES string of the molecule is CCC(Cn1ccc2cnc(Nc3cnn(CC(=O)O[C@@H]4C[C@@H](C(=O)O)N(C)C4)c3)nc21)C(C)C. The largest absolute Gasteiger partial charge is 0.480 e. The molecule has 1 aliphatic rings. The van der Waals surface area contributed by atoms with Gasteiger partial charge in [-0.3, -0.25) is 19.2 Å². The number of aromatic nitrogens is 5. The fourth-order valence-electron chi connectivity index (χ4n) is 4.57. The highest BCUT2D eigenvalue weighted by atomic mass is 16.5. The molecule has 0 aliphatic carbocycles. The van der Waals surface area contributed by atoms with Gasteiger partial charge in [0, 0.05) is 43.5 Å². The Morgan fingerprint density at radius 1 is 1.31 bits per heavy atom. The van der Waals surface area contributed by atoms with Crippen LogP contribution in [0.3, 0.4) is 0 Å². The molecule has 2 N–H and O–H groups in total. The van der Waals surface area contributed by atoms with E-state index in [2.05, 4.69) is 46.9 Å². The van der Waals surface area contributed by atoms with Crippen LogP contribution in [0.4, 0.5) is 11.6 Å². The van der Waals surface area contributed by atoms with Gasteiger partial charge in [-0.25, -0.2) is 4.98 Å². The second-order valence-electron chi connectivity index (χ2n) is 9.55. The molecule has 4 rings (SSSR count). The maximum absolute atomic E-state index is 12.3. The lowest BCUT2D eigenvalue weighted by Crippen LogP contribution is -2.32. The minimum Gasteiger partial charge on any atom is -0.480 e. The number of fused-ring (bicyclic) bond motifs is 1. The molecule has 1 unspecified atom stereocenters. The Morgan fingerprint density at radius 2 is 2.11 bits per heavy atom. The van der Waals surface area contributed by atoms with Gasteiger partial charge in [-0.15, -0.1) is 0 Å². The number of hydrogen-bond donors (Lipinski definition) is 2. The van der Waals surface area contributed by atoms with Gasteiger partial charge in [0.25, 0.3) is 0 Å². The average molecular weight is 484 g/mol. The van der Waals surface area contributed by atoms with Crippen LogP contribution in [0.25, 0.3) is 11.0 Å². The predicted octanol–water partition coefficient (Wildman–Crippen LogP) is 2.75. The number of likely N-dealkylation sites (tertiary alicyclic amines) is 1. The lowest BCUT2D eigenvalue weighted by Gasteiger charge is -2.20. The van der Waals surface area contributed by atoms with E-state index in [-0.39, 0.29) is 13.0 Å². The van der Waals surface area contributed by atoms with Crippen LogP contribution in [-0.2, 0) is 27.4 Å². The molecule has 0 radical (unpaired) electrons. The molecular formula is C24H33N7O4. The van der Waals surface area contributed by atoms with Crippen molar-refractivity contribution in [2.75, 3.05) is 18.9 Å². The normalized spacial score (nSPS) is 19.3. The molecule has 0 amide bonds. The van der Waals surface area contributed by atoms with E-state index in [1.165, 1.54) is 4.68 Å². The second kappa shape index (κ2) is 10.4. The third-order valence-corrected chi connectivity index (χ3v) is 6.67. The molecule has 0 bridgehead atoms. The summed E-state index contributed by atoms with van der Waals surface area (Å²) in [6.45, 7) is 7.92. The number of carboxylic acids is 1. The van der Waals surface area contributed by atoms with E-state index in [4.69, 9.17) is 9.72 Å². The average Bonchev–Trinajstić information content (AvgIpc) is 3.50. The molecule has 3 atom stereocenters. The van der Waals surface area contributed by atoms with Crippen molar-refractivity contribution >= 4 is 34.6 Å². The standard InChI is InChI=1S/C24H33N7O4/c1-5-16(15(2)3)11-30-7-6-17-9-25-24(28-22(17)30)27-18-10-26-31(12-18)14-21(32)35-19-8-20(23(33)34)29(4)13-19/h6-7,9-10,12,15-16,19-20H,5,8,11,13-14H2,1-4H3,(H,33,34)(H,25,27,28)/t16?,19-,20+/m1/s1. The molecule has 35 heavy (non-hydrogen) atoms. The van der Waals surface area contributed by atoms with Crippen molar-refractivity contribution in [2.24, 2.45) is 11.8 Å². The summed E-state index contributed by atoms with van der Waals surface area (Å²) in [5.41, 5.74) is 1.52. The van der Waals surface area contributed by atoms with E-state index in [0.717, 1.165) is 24.0 Å². The number of rotatable bonds is 10. The molecule has 11 heteroatoms. The highest BCUT2D eigenvalue weighted by Gasteiger charge is 2.36. The quantitative estimate of drug-likeness (QED) is 0.418. The molecule has 0 saturated carbocycles. The summed E-state index contributed by atoms with van der Waals surface area (Å²) in [6.07, 6.45) is 8.06.